The summed E-state index contributed by atoms with van der Waals surface area (Å²) >= 11 is 6.81. The highest BCUT2D eigenvalue weighted by atomic mass is 35.5. The average Bonchev–Trinajstić information content (AvgIpc) is 2.84. The molecule has 0 amide bonds. The summed E-state index contributed by atoms with van der Waals surface area (Å²) in [7, 11) is -0.130. The fraction of sp³-hybridized carbons (Fsp3) is 0.360. The molecule has 35 heavy (non-hydrogen) atoms. The normalized spacial score (nSPS) is 14.7. The number of likely N-dealkylation sites (tertiary alicyclic amines) is 1. The summed E-state index contributed by atoms with van der Waals surface area (Å²) in [6, 6.07) is 14.1. The molecule has 1 aliphatic rings. The van der Waals surface area contributed by atoms with Crippen molar-refractivity contribution >= 4 is 55.8 Å². The minimum atomic E-state index is -0.926. The molecule has 1 aromatic heterocycles. The van der Waals surface area contributed by atoms with Gasteiger partial charge in [0.1, 0.15) is 5.82 Å². The van der Waals surface area contributed by atoms with E-state index in [2.05, 4.69) is 16.0 Å². The molecule has 1 radical (unpaired) electrons. The van der Waals surface area contributed by atoms with E-state index < -0.39 is 14.1 Å². The van der Waals surface area contributed by atoms with E-state index in [1.54, 1.807) is 27.1 Å². The third-order valence-corrected chi connectivity index (χ3v) is 7.19. The highest BCUT2D eigenvalue weighted by Gasteiger charge is 2.28. The maximum absolute atomic E-state index is 10.7. The Kier molecular flexibility index (Phi) is 8.55. The number of carbonyl (C=O) groups is 1. The fourth-order valence-corrected chi connectivity index (χ4v) is 5.22. The van der Waals surface area contributed by atoms with Crippen molar-refractivity contribution in [3.05, 3.63) is 59.2 Å². The van der Waals surface area contributed by atoms with Crippen LogP contribution in [-0.4, -0.2) is 60.6 Å². The number of piperidine rings is 1. The largest absolute Gasteiger partial charge is 0.433 e. The standard InChI is InChI=1S/C25H30B3ClN3O3/c1-27(34)32(28(2)35)25-22-13-24(29)20(16-31-10-8-18(9-11-31)14-26-17-33)12-21(22)23(15-30-25)19-6-4-3-5-7-19/h3-7,12-13,15,17-18,34-35H,8-11,14,16H2,1-2H3. The van der Waals surface area contributed by atoms with Crippen LogP contribution in [0.4, 0.5) is 5.82 Å². The minimum Gasteiger partial charge on any atom is -0.433 e. The van der Waals surface area contributed by atoms with Gasteiger partial charge in [-0.3, -0.25) is 4.90 Å². The van der Waals surface area contributed by atoms with Gasteiger partial charge in [-0.15, -0.1) is 0 Å². The first kappa shape index (κ1) is 25.8. The van der Waals surface area contributed by atoms with E-state index in [1.165, 1.54) is 4.72 Å². The Bertz CT molecular complexity index is 1150. The summed E-state index contributed by atoms with van der Waals surface area (Å²) in [5, 5.41) is 23.1. The molecule has 0 unspecified atom stereocenters. The molecule has 6 nitrogen and oxygen atoms in total. The smallest absolute Gasteiger partial charge is 0.399 e. The molecule has 1 saturated heterocycles. The Morgan fingerprint density at radius 2 is 1.83 bits per heavy atom. The number of hydrogen-bond acceptors (Lipinski definition) is 6. The van der Waals surface area contributed by atoms with Crippen LogP contribution in [0.2, 0.25) is 25.0 Å². The zero-order chi connectivity index (χ0) is 24.9. The average molecular weight is 488 g/mol. The van der Waals surface area contributed by atoms with Gasteiger partial charge in [-0.2, -0.15) is 0 Å². The van der Waals surface area contributed by atoms with E-state index in [0.717, 1.165) is 72.4 Å². The Morgan fingerprint density at radius 3 is 2.46 bits per heavy atom. The monoisotopic (exact) mass is 488 g/mol. The Balaban J connectivity index is 1.73. The van der Waals surface area contributed by atoms with E-state index in [9.17, 15) is 14.8 Å². The van der Waals surface area contributed by atoms with Crippen LogP contribution in [0, 0.1) is 5.92 Å². The molecule has 2 aromatic carbocycles. The van der Waals surface area contributed by atoms with Crippen molar-refractivity contribution < 1.29 is 14.8 Å². The van der Waals surface area contributed by atoms with Crippen molar-refractivity contribution in [2.45, 2.75) is 39.4 Å². The van der Waals surface area contributed by atoms with Crippen molar-refractivity contribution in [3.63, 3.8) is 0 Å². The number of fused-ring (bicyclic) bond motifs is 1. The van der Waals surface area contributed by atoms with E-state index >= 15 is 0 Å². The predicted molar refractivity (Wildman–Crippen MR) is 148 cm³/mol. The van der Waals surface area contributed by atoms with Gasteiger partial charge in [0.15, 0.2) is 7.28 Å². The number of anilines is 1. The number of carbonyl (C=O) groups excluding carboxylic acids is 1. The quantitative estimate of drug-likeness (QED) is 0.349. The lowest BCUT2D eigenvalue weighted by Gasteiger charge is -2.32. The summed E-state index contributed by atoms with van der Waals surface area (Å²) in [6.45, 7) is 5.89. The lowest BCUT2D eigenvalue weighted by molar-refractivity contribution is 0.185. The lowest BCUT2D eigenvalue weighted by atomic mass is 9.69. The fourth-order valence-electron chi connectivity index (χ4n) is 5.00. The molecule has 179 valence electrons. The highest BCUT2D eigenvalue weighted by Crippen LogP contribution is 2.37. The van der Waals surface area contributed by atoms with Crippen molar-refractivity contribution in [2.75, 3.05) is 17.8 Å². The van der Waals surface area contributed by atoms with Gasteiger partial charge in [0.25, 0.3) is 0 Å². The van der Waals surface area contributed by atoms with Gasteiger partial charge in [0.2, 0.25) is 0 Å². The third kappa shape index (κ3) is 5.92. The van der Waals surface area contributed by atoms with Crippen LogP contribution in [0.25, 0.3) is 21.9 Å². The van der Waals surface area contributed by atoms with E-state index in [0.29, 0.717) is 16.8 Å². The Hall–Kier alpha value is -2.32. The molecular weight excluding hydrogens is 458 g/mol. The van der Waals surface area contributed by atoms with Crippen molar-refractivity contribution in [3.8, 4) is 11.1 Å². The molecule has 0 aliphatic carbocycles. The molecule has 1 aliphatic heterocycles. The topological polar surface area (TPSA) is 76.9 Å². The number of pyridine rings is 1. The SMILES string of the molecule is CB(O)N(B(C)O)c1ncc(-c2ccccc2)c2cc(CN3CCC(C[B]C=O)CC3)c(Cl)cc12. The molecule has 10 heteroatoms. The van der Waals surface area contributed by atoms with Crippen LogP contribution < -0.4 is 4.72 Å². The van der Waals surface area contributed by atoms with Crippen molar-refractivity contribution in [1.29, 1.82) is 0 Å². The summed E-state index contributed by atoms with van der Waals surface area (Å²) in [6.07, 6.45) is 5.68. The number of halogens is 1. The first-order valence-electron chi connectivity index (χ1n) is 12.2. The Labute approximate surface area is 213 Å². The summed E-state index contributed by atoms with van der Waals surface area (Å²) in [4.78, 5) is 17.7. The molecule has 2 N–H and O–H groups in total. The van der Waals surface area contributed by atoms with Crippen LogP contribution in [0.15, 0.2) is 48.7 Å². The van der Waals surface area contributed by atoms with E-state index in [1.807, 2.05) is 36.4 Å². The van der Waals surface area contributed by atoms with Crippen LogP contribution >= 0.6 is 11.6 Å². The summed E-state index contributed by atoms with van der Waals surface area (Å²) in [5.41, 5.74) is 3.05. The lowest BCUT2D eigenvalue weighted by Crippen LogP contribution is -2.47. The van der Waals surface area contributed by atoms with Crippen LogP contribution in [0.5, 0.6) is 0 Å². The second kappa shape index (κ2) is 11.6. The number of benzene rings is 2. The highest BCUT2D eigenvalue weighted by molar-refractivity contribution is 6.75. The molecule has 3 aromatic rings. The number of hydrogen-bond donors (Lipinski definition) is 2. The number of aromatic nitrogens is 1. The molecule has 0 saturated carbocycles. The summed E-state index contributed by atoms with van der Waals surface area (Å²) < 4.78 is 1.48. The maximum atomic E-state index is 10.7. The Morgan fingerprint density at radius 1 is 1.14 bits per heavy atom. The van der Waals surface area contributed by atoms with Gasteiger partial charge < -0.3 is 19.6 Å². The summed E-state index contributed by atoms with van der Waals surface area (Å²) in [5.74, 6) is 1.05. The molecular formula is C25H30B3ClN3O3. The molecule has 0 spiro atoms. The van der Waals surface area contributed by atoms with Gasteiger partial charge in [0, 0.05) is 28.7 Å². The molecule has 2 heterocycles. The molecule has 0 atom stereocenters. The first-order chi connectivity index (χ1) is 16.9. The second-order valence-electron chi connectivity index (χ2n) is 9.35. The minimum absolute atomic E-state index is 0.491. The number of rotatable bonds is 9. The van der Waals surface area contributed by atoms with Gasteiger partial charge in [0.05, 0.1) is 6.19 Å². The van der Waals surface area contributed by atoms with Crippen molar-refractivity contribution in [2.24, 2.45) is 5.92 Å². The molecule has 0 bridgehead atoms. The number of nitrogens with zero attached hydrogens (tertiary/aromatic N) is 3. The first-order valence-corrected chi connectivity index (χ1v) is 12.6. The predicted octanol–water partition coefficient (Wildman–Crippen LogP) is 4.11. The van der Waals surface area contributed by atoms with Gasteiger partial charge in [-0.1, -0.05) is 48.3 Å². The van der Waals surface area contributed by atoms with E-state index in [4.69, 9.17) is 11.6 Å². The zero-order valence-corrected chi connectivity index (χ0v) is 21.0. The van der Waals surface area contributed by atoms with Gasteiger partial charge >= 0.3 is 14.1 Å². The van der Waals surface area contributed by atoms with Crippen LogP contribution in [-0.2, 0) is 11.3 Å². The maximum Gasteiger partial charge on any atom is 0.399 e. The third-order valence-electron chi connectivity index (χ3n) is 6.83. The second-order valence-corrected chi connectivity index (χ2v) is 9.76. The van der Waals surface area contributed by atoms with E-state index in [-0.39, 0.29) is 0 Å². The zero-order valence-electron chi connectivity index (χ0n) is 20.3. The van der Waals surface area contributed by atoms with Crippen LogP contribution in [0.3, 0.4) is 0 Å². The van der Waals surface area contributed by atoms with Crippen molar-refractivity contribution in [1.82, 2.24) is 9.88 Å². The van der Waals surface area contributed by atoms with Gasteiger partial charge in [-0.25, -0.2) is 4.98 Å². The van der Waals surface area contributed by atoms with Crippen LogP contribution in [0.1, 0.15) is 18.4 Å². The molecule has 1 fully saturated rings. The molecule has 4 rings (SSSR count). The van der Waals surface area contributed by atoms with Gasteiger partial charge in [-0.05, 0) is 74.1 Å².